The van der Waals surface area contributed by atoms with Crippen LogP contribution in [-0.4, -0.2) is 54.1 Å². The molecule has 0 saturated carbocycles. The van der Waals surface area contributed by atoms with Crippen LogP contribution in [0.2, 0.25) is 0 Å². The molecule has 21 heavy (non-hydrogen) atoms. The van der Waals surface area contributed by atoms with E-state index in [1.54, 1.807) is 13.1 Å². The van der Waals surface area contributed by atoms with Crippen LogP contribution in [0.15, 0.2) is 21.5 Å². The molecule has 0 unspecified atom stereocenters. The smallest absolute Gasteiger partial charge is 0.244 e. The highest BCUT2D eigenvalue weighted by atomic mass is 79.9. The number of methoxy groups -OCH3 is 2. The third-order valence-electron chi connectivity index (χ3n) is 3.03. The Labute approximate surface area is 134 Å². The van der Waals surface area contributed by atoms with Crippen LogP contribution in [0.4, 0.5) is 0 Å². The molecule has 0 aliphatic rings. The van der Waals surface area contributed by atoms with Gasteiger partial charge in [0.25, 0.3) is 0 Å². The lowest BCUT2D eigenvalue weighted by Gasteiger charge is -2.19. The zero-order valence-corrected chi connectivity index (χ0v) is 15.0. The van der Waals surface area contributed by atoms with Crippen LogP contribution in [0.5, 0.6) is 11.5 Å². The van der Waals surface area contributed by atoms with Crippen molar-refractivity contribution >= 4 is 26.0 Å². The largest absolute Gasteiger partial charge is 0.493 e. The number of halogens is 1. The molecule has 0 atom stereocenters. The van der Waals surface area contributed by atoms with Gasteiger partial charge in [0.15, 0.2) is 11.5 Å². The van der Waals surface area contributed by atoms with Crippen molar-refractivity contribution < 1.29 is 17.9 Å². The summed E-state index contributed by atoms with van der Waals surface area (Å²) in [6, 6.07) is 3.06. The van der Waals surface area contributed by atoms with E-state index in [0.717, 1.165) is 13.0 Å². The summed E-state index contributed by atoms with van der Waals surface area (Å²) >= 11 is 3.28. The van der Waals surface area contributed by atoms with Gasteiger partial charge in [0, 0.05) is 24.1 Å². The zero-order valence-electron chi connectivity index (χ0n) is 12.6. The quantitative estimate of drug-likeness (QED) is 0.695. The van der Waals surface area contributed by atoms with Crippen LogP contribution in [-0.2, 0) is 10.0 Å². The van der Waals surface area contributed by atoms with Crippen molar-refractivity contribution in [3.05, 3.63) is 16.6 Å². The van der Waals surface area contributed by atoms with Crippen molar-refractivity contribution in [1.82, 2.24) is 9.62 Å². The second kappa shape index (κ2) is 7.98. The Bertz CT molecular complexity index is 578. The summed E-state index contributed by atoms with van der Waals surface area (Å²) < 4.78 is 37.3. The minimum Gasteiger partial charge on any atom is -0.493 e. The van der Waals surface area contributed by atoms with Gasteiger partial charge in [0.1, 0.15) is 4.90 Å². The summed E-state index contributed by atoms with van der Waals surface area (Å²) in [5.41, 5.74) is 0. The van der Waals surface area contributed by atoms with Crippen LogP contribution < -0.4 is 14.8 Å². The Morgan fingerprint density at radius 2 is 1.81 bits per heavy atom. The molecular formula is C13H21BrN2O4S. The van der Waals surface area contributed by atoms with E-state index in [-0.39, 0.29) is 4.90 Å². The Morgan fingerprint density at radius 1 is 1.24 bits per heavy atom. The van der Waals surface area contributed by atoms with E-state index in [1.165, 1.54) is 24.6 Å². The first-order valence-corrected chi connectivity index (χ1v) is 8.64. The maximum Gasteiger partial charge on any atom is 0.244 e. The highest BCUT2D eigenvalue weighted by molar-refractivity contribution is 9.10. The Kier molecular flexibility index (Phi) is 6.92. The molecule has 1 N–H and O–H groups in total. The van der Waals surface area contributed by atoms with Crippen molar-refractivity contribution in [3.63, 3.8) is 0 Å². The highest BCUT2D eigenvalue weighted by Crippen LogP contribution is 2.36. The molecule has 0 saturated heterocycles. The summed E-state index contributed by atoms with van der Waals surface area (Å²) in [4.78, 5) is 0.159. The first-order valence-electron chi connectivity index (χ1n) is 6.41. The molecule has 0 bridgehead atoms. The van der Waals surface area contributed by atoms with Crippen LogP contribution in [0.1, 0.15) is 6.42 Å². The molecule has 0 amide bonds. The third kappa shape index (κ3) is 4.32. The fourth-order valence-corrected chi connectivity index (χ4v) is 4.00. The number of nitrogens with zero attached hydrogens (tertiary/aromatic N) is 1. The van der Waals surface area contributed by atoms with Crippen molar-refractivity contribution in [2.75, 3.05) is 41.4 Å². The normalized spacial score (nSPS) is 11.7. The van der Waals surface area contributed by atoms with Crippen LogP contribution in [0.3, 0.4) is 0 Å². The van der Waals surface area contributed by atoms with Gasteiger partial charge >= 0.3 is 0 Å². The van der Waals surface area contributed by atoms with E-state index < -0.39 is 10.0 Å². The van der Waals surface area contributed by atoms with Gasteiger partial charge in [-0.2, -0.15) is 0 Å². The predicted molar refractivity (Wildman–Crippen MR) is 85.6 cm³/mol. The van der Waals surface area contributed by atoms with Crippen molar-refractivity contribution in [2.24, 2.45) is 0 Å². The zero-order chi connectivity index (χ0) is 16.0. The lowest BCUT2D eigenvalue weighted by atomic mass is 10.3. The number of sulfonamides is 1. The molecular weight excluding hydrogens is 360 g/mol. The number of hydrogen-bond donors (Lipinski definition) is 1. The van der Waals surface area contributed by atoms with E-state index in [1.807, 2.05) is 7.05 Å². The van der Waals surface area contributed by atoms with Crippen LogP contribution in [0, 0.1) is 0 Å². The fraction of sp³-hybridized carbons (Fsp3) is 0.538. The SMILES string of the molecule is CNCCCN(C)S(=O)(=O)c1cc(OC)c(OC)cc1Br. The Morgan fingerprint density at radius 3 is 2.33 bits per heavy atom. The second-order valence-corrected chi connectivity index (χ2v) is 7.29. The van der Waals surface area contributed by atoms with Gasteiger partial charge in [-0.15, -0.1) is 0 Å². The van der Waals surface area contributed by atoms with E-state index in [4.69, 9.17) is 9.47 Å². The van der Waals surface area contributed by atoms with Gasteiger partial charge in [0.2, 0.25) is 10.0 Å². The molecule has 120 valence electrons. The van der Waals surface area contributed by atoms with Crippen molar-refractivity contribution in [2.45, 2.75) is 11.3 Å². The first kappa shape index (κ1) is 18.2. The average molecular weight is 381 g/mol. The van der Waals surface area contributed by atoms with Gasteiger partial charge in [-0.05, 0) is 42.0 Å². The Hall–Kier alpha value is -0.830. The van der Waals surface area contributed by atoms with Crippen molar-refractivity contribution in [3.8, 4) is 11.5 Å². The minimum absolute atomic E-state index is 0.159. The maximum absolute atomic E-state index is 12.6. The lowest BCUT2D eigenvalue weighted by molar-refractivity contribution is 0.353. The predicted octanol–water partition coefficient (Wildman–Crippen LogP) is 1.70. The summed E-state index contributed by atoms with van der Waals surface area (Å²) in [7, 11) is 2.79. The second-order valence-electron chi connectivity index (χ2n) is 4.42. The van der Waals surface area contributed by atoms with Gasteiger partial charge in [0.05, 0.1) is 14.2 Å². The summed E-state index contributed by atoms with van der Waals surface area (Å²) in [5, 5.41) is 2.99. The van der Waals surface area contributed by atoms with Crippen LogP contribution >= 0.6 is 15.9 Å². The topological polar surface area (TPSA) is 67.9 Å². The Balaban J connectivity index is 3.13. The molecule has 8 heteroatoms. The van der Waals surface area contributed by atoms with Crippen LogP contribution in [0.25, 0.3) is 0 Å². The average Bonchev–Trinajstić information content (AvgIpc) is 2.46. The summed E-state index contributed by atoms with van der Waals surface area (Å²) in [5.74, 6) is 0.851. The summed E-state index contributed by atoms with van der Waals surface area (Å²) in [6.07, 6.45) is 0.733. The molecule has 1 rings (SSSR count). The molecule has 0 aliphatic carbocycles. The van der Waals surface area contributed by atoms with Gasteiger partial charge in [-0.1, -0.05) is 0 Å². The third-order valence-corrected chi connectivity index (χ3v) is 5.84. The molecule has 0 radical (unpaired) electrons. The molecule has 6 nitrogen and oxygen atoms in total. The fourth-order valence-electron chi connectivity index (χ4n) is 1.80. The molecule has 1 aromatic carbocycles. The number of rotatable bonds is 8. The molecule has 1 aromatic rings. The van der Waals surface area contributed by atoms with Gasteiger partial charge < -0.3 is 14.8 Å². The highest BCUT2D eigenvalue weighted by Gasteiger charge is 2.25. The van der Waals surface area contributed by atoms with Gasteiger partial charge in [-0.3, -0.25) is 0 Å². The van der Waals surface area contributed by atoms with E-state index >= 15 is 0 Å². The lowest BCUT2D eigenvalue weighted by Crippen LogP contribution is -2.29. The number of ether oxygens (including phenoxy) is 2. The van der Waals surface area contributed by atoms with E-state index in [0.29, 0.717) is 22.5 Å². The van der Waals surface area contributed by atoms with Crippen molar-refractivity contribution in [1.29, 1.82) is 0 Å². The van der Waals surface area contributed by atoms with E-state index in [2.05, 4.69) is 21.2 Å². The molecule has 0 aromatic heterocycles. The maximum atomic E-state index is 12.6. The first-order chi connectivity index (χ1) is 9.88. The standard InChI is InChI=1S/C13H21BrN2O4S/c1-15-6-5-7-16(2)21(17,18)13-9-12(20-4)11(19-3)8-10(13)14/h8-9,15H,5-7H2,1-4H3. The molecule has 0 spiro atoms. The van der Waals surface area contributed by atoms with E-state index in [9.17, 15) is 8.42 Å². The van der Waals surface area contributed by atoms with Gasteiger partial charge in [-0.25, -0.2) is 12.7 Å². The number of hydrogen-bond acceptors (Lipinski definition) is 5. The monoisotopic (exact) mass is 380 g/mol. The minimum atomic E-state index is -3.58. The number of benzene rings is 1. The summed E-state index contributed by atoms with van der Waals surface area (Å²) in [6.45, 7) is 1.19. The molecule has 0 fully saturated rings. The number of nitrogens with one attached hydrogen (secondary N) is 1. The molecule has 0 aliphatic heterocycles. The molecule has 0 heterocycles.